The molecule has 4 aliphatic rings. The van der Waals surface area contributed by atoms with Gasteiger partial charge in [0.25, 0.3) is 0 Å². The van der Waals surface area contributed by atoms with Crippen LogP contribution >= 0.6 is 0 Å². The van der Waals surface area contributed by atoms with Crippen molar-refractivity contribution in [3.8, 4) is 0 Å². The van der Waals surface area contributed by atoms with Crippen LogP contribution in [-0.2, 0) is 4.74 Å². The number of ether oxygens (including phenoxy) is 1. The van der Waals surface area contributed by atoms with E-state index in [1.165, 1.54) is 25.7 Å². The largest absolute Gasteiger partial charge is 0.497 e. The predicted molar refractivity (Wildman–Crippen MR) is 87.3 cm³/mol. The van der Waals surface area contributed by atoms with Crippen LogP contribution in [0.25, 0.3) is 0 Å². The predicted octanol–water partition coefficient (Wildman–Crippen LogP) is 2.89. The van der Waals surface area contributed by atoms with Gasteiger partial charge in [-0.25, -0.2) is 0 Å². The van der Waals surface area contributed by atoms with Gasteiger partial charge in [0, 0.05) is 23.9 Å². The van der Waals surface area contributed by atoms with E-state index < -0.39 is 0 Å². The van der Waals surface area contributed by atoms with Crippen LogP contribution in [0.15, 0.2) is 35.6 Å². The van der Waals surface area contributed by atoms with Crippen molar-refractivity contribution in [1.82, 2.24) is 4.90 Å². The molecule has 3 heteroatoms. The van der Waals surface area contributed by atoms with Gasteiger partial charge < -0.3 is 9.84 Å². The van der Waals surface area contributed by atoms with Gasteiger partial charge in [0.1, 0.15) is 5.76 Å². The second kappa shape index (κ2) is 5.54. The standard InChI is InChI=1S/C19H27NO2/c1-22-15-6-5-14-12-18-16-4-2-3-7-19(16,17(14)13-15)8-9-20(18)10-11-21/h2,4,6,13-14,16,18,21H,3,5,7-12H2,1H3/t14?,16-,18+,19+/m1/s1. The summed E-state index contributed by atoms with van der Waals surface area (Å²) in [5, 5.41) is 9.41. The minimum Gasteiger partial charge on any atom is -0.497 e. The molecular formula is C19H27NO2. The Balaban J connectivity index is 1.75. The van der Waals surface area contributed by atoms with Crippen molar-refractivity contribution in [2.45, 2.75) is 38.1 Å². The molecular weight excluding hydrogens is 274 g/mol. The Kier molecular flexibility index (Phi) is 3.66. The summed E-state index contributed by atoms with van der Waals surface area (Å²) in [6.45, 7) is 2.24. The molecule has 22 heavy (non-hydrogen) atoms. The maximum Gasteiger partial charge on any atom is 0.114 e. The molecule has 2 bridgehead atoms. The highest BCUT2D eigenvalue weighted by molar-refractivity contribution is 5.38. The summed E-state index contributed by atoms with van der Waals surface area (Å²) in [5.74, 6) is 2.36. The van der Waals surface area contributed by atoms with Crippen molar-refractivity contribution in [2.24, 2.45) is 17.3 Å². The summed E-state index contributed by atoms with van der Waals surface area (Å²) < 4.78 is 5.54. The van der Waals surface area contributed by atoms with Crippen molar-refractivity contribution >= 4 is 0 Å². The van der Waals surface area contributed by atoms with E-state index in [4.69, 9.17) is 4.74 Å². The molecule has 1 saturated carbocycles. The van der Waals surface area contributed by atoms with Crippen molar-refractivity contribution in [3.05, 3.63) is 35.6 Å². The average Bonchev–Trinajstić information content (AvgIpc) is 2.57. The Morgan fingerprint density at radius 1 is 1.41 bits per heavy atom. The van der Waals surface area contributed by atoms with Crippen LogP contribution < -0.4 is 0 Å². The molecule has 2 fully saturated rings. The molecule has 0 radical (unpaired) electrons. The minimum atomic E-state index is 0.279. The van der Waals surface area contributed by atoms with Gasteiger partial charge in [-0.1, -0.05) is 17.7 Å². The van der Waals surface area contributed by atoms with Gasteiger partial charge in [0.2, 0.25) is 0 Å². The zero-order valence-corrected chi connectivity index (χ0v) is 13.5. The Morgan fingerprint density at radius 3 is 3.14 bits per heavy atom. The first kappa shape index (κ1) is 14.5. The highest BCUT2D eigenvalue weighted by Crippen LogP contribution is 2.60. The molecule has 0 aromatic heterocycles. The summed E-state index contributed by atoms with van der Waals surface area (Å²) in [5.41, 5.74) is 2.02. The Hall–Kier alpha value is -1.06. The lowest BCUT2D eigenvalue weighted by molar-refractivity contribution is -0.0313. The zero-order chi connectivity index (χ0) is 15.2. The molecule has 1 N–H and O–H groups in total. The van der Waals surface area contributed by atoms with Crippen molar-refractivity contribution in [3.63, 3.8) is 0 Å². The number of hydrogen-bond donors (Lipinski definition) is 1. The van der Waals surface area contributed by atoms with Gasteiger partial charge in [-0.2, -0.15) is 0 Å². The zero-order valence-electron chi connectivity index (χ0n) is 13.5. The molecule has 0 spiro atoms. The van der Waals surface area contributed by atoms with Gasteiger partial charge in [0.15, 0.2) is 0 Å². The highest BCUT2D eigenvalue weighted by Gasteiger charge is 2.55. The summed E-state index contributed by atoms with van der Waals surface area (Å²) in [4.78, 5) is 2.55. The summed E-state index contributed by atoms with van der Waals surface area (Å²) in [6.07, 6.45) is 15.6. The molecule has 3 aliphatic carbocycles. The molecule has 3 nitrogen and oxygen atoms in total. The van der Waals surface area contributed by atoms with Gasteiger partial charge in [-0.15, -0.1) is 0 Å². The molecule has 4 rings (SSSR count). The SMILES string of the molecule is COC1=CCC2C[C@H]3[C@H]4C=CCC[C@@]4(CCN3CCO)C2=C1. The second-order valence-electron chi connectivity index (χ2n) is 7.30. The fourth-order valence-electron chi connectivity index (χ4n) is 5.56. The average molecular weight is 301 g/mol. The Labute approximate surface area is 133 Å². The molecule has 0 aromatic rings. The number of hydrogen-bond acceptors (Lipinski definition) is 3. The number of methoxy groups -OCH3 is 1. The number of β-amino-alcohol motifs (C(OH)–C–C–N with tert-alkyl or cyclic N) is 1. The number of aliphatic hydroxyl groups is 1. The number of rotatable bonds is 3. The van der Waals surface area contributed by atoms with Gasteiger partial charge in [-0.3, -0.25) is 4.90 Å². The lowest BCUT2D eigenvalue weighted by atomic mass is 9.50. The van der Waals surface area contributed by atoms with E-state index in [0.29, 0.717) is 23.3 Å². The first-order valence-electron chi connectivity index (χ1n) is 8.76. The van der Waals surface area contributed by atoms with Gasteiger partial charge >= 0.3 is 0 Å². The normalized spacial score (nSPS) is 40.4. The summed E-state index contributed by atoms with van der Waals surface area (Å²) in [6, 6.07) is 0.608. The van der Waals surface area contributed by atoms with Gasteiger partial charge in [-0.05, 0) is 56.7 Å². The first-order chi connectivity index (χ1) is 10.8. The van der Waals surface area contributed by atoms with E-state index in [0.717, 1.165) is 25.3 Å². The van der Waals surface area contributed by atoms with Crippen LogP contribution in [0.4, 0.5) is 0 Å². The lowest BCUT2D eigenvalue weighted by Crippen LogP contribution is -2.60. The maximum absolute atomic E-state index is 9.41. The number of fused-ring (bicyclic) bond motifs is 1. The molecule has 1 unspecified atom stereocenters. The second-order valence-corrected chi connectivity index (χ2v) is 7.30. The number of piperidine rings is 1. The number of aliphatic hydroxyl groups excluding tert-OH is 1. The Bertz CT molecular complexity index is 536. The van der Waals surface area contributed by atoms with Crippen LogP contribution in [0.5, 0.6) is 0 Å². The van der Waals surface area contributed by atoms with Crippen LogP contribution in [0, 0.1) is 17.3 Å². The molecule has 4 atom stereocenters. The van der Waals surface area contributed by atoms with Crippen LogP contribution in [-0.4, -0.2) is 42.9 Å². The topological polar surface area (TPSA) is 32.7 Å². The van der Waals surface area contributed by atoms with Crippen LogP contribution in [0.1, 0.15) is 32.1 Å². The molecule has 1 saturated heterocycles. The monoisotopic (exact) mass is 301 g/mol. The van der Waals surface area contributed by atoms with Crippen LogP contribution in [0.2, 0.25) is 0 Å². The Morgan fingerprint density at radius 2 is 2.32 bits per heavy atom. The lowest BCUT2D eigenvalue weighted by Gasteiger charge is -2.60. The number of allylic oxidation sites excluding steroid dienone is 4. The molecule has 0 amide bonds. The molecule has 120 valence electrons. The number of likely N-dealkylation sites (tertiary alicyclic amines) is 1. The third kappa shape index (κ3) is 2.02. The molecule has 1 aliphatic heterocycles. The summed E-state index contributed by atoms with van der Waals surface area (Å²) >= 11 is 0. The summed E-state index contributed by atoms with van der Waals surface area (Å²) in [7, 11) is 1.79. The number of nitrogens with zero attached hydrogens (tertiary/aromatic N) is 1. The fraction of sp³-hybridized carbons (Fsp3) is 0.684. The van der Waals surface area contributed by atoms with E-state index in [9.17, 15) is 5.11 Å². The maximum atomic E-state index is 9.41. The van der Waals surface area contributed by atoms with Crippen molar-refractivity contribution in [1.29, 1.82) is 0 Å². The van der Waals surface area contributed by atoms with E-state index in [-0.39, 0.29) is 6.61 Å². The third-order valence-corrected chi connectivity index (χ3v) is 6.53. The van der Waals surface area contributed by atoms with Crippen molar-refractivity contribution in [2.75, 3.05) is 26.8 Å². The fourth-order valence-corrected chi connectivity index (χ4v) is 5.56. The van der Waals surface area contributed by atoms with E-state index >= 15 is 0 Å². The van der Waals surface area contributed by atoms with Gasteiger partial charge in [0.05, 0.1) is 13.7 Å². The van der Waals surface area contributed by atoms with Crippen LogP contribution in [0.3, 0.4) is 0 Å². The quantitative estimate of drug-likeness (QED) is 0.814. The smallest absolute Gasteiger partial charge is 0.114 e. The van der Waals surface area contributed by atoms with E-state index in [1.54, 1.807) is 12.7 Å². The van der Waals surface area contributed by atoms with E-state index in [1.807, 2.05) is 0 Å². The first-order valence-corrected chi connectivity index (χ1v) is 8.76. The highest BCUT2D eigenvalue weighted by atomic mass is 16.5. The molecule has 0 aromatic carbocycles. The van der Waals surface area contributed by atoms with Crippen molar-refractivity contribution < 1.29 is 9.84 Å². The third-order valence-electron chi connectivity index (χ3n) is 6.53. The minimum absolute atomic E-state index is 0.279. The molecule has 1 heterocycles. The van der Waals surface area contributed by atoms with E-state index in [2.05, 4.69) is 29.2 Å².